The molecule has 4 rings (SSSR count). The van der Waals surface area contributed by atoms with Crippen molar-refractivity contribution in [3.8, 4) is 17.2 Å². The quantitative estimate of drug-likeness (QED) is 0.414. The first-order chi connectivity index (χ1) is 14.8. The largest absolute Gasteiger partial charge is 0.488 e. The Morgan fingerprint density at radius 2 is 1.77 bits per heavy atom. The summed E-state index contributed by atoms with van der Waals surface area (Å²) < 4.78 is 11.2. The van der Waals surface area contributed by atoms with E-state index in [2.05, 4.69) is 15.2 Å². The molecule has 6 heteroatoms. The van der Waals surface area contributed by atoms with Crippen molar-refractivity contribution < 1.29 is 13.9 Å². The molecule has 0 amide bonds. The summed E-state index contributed by atoms with van der Waals surface area (Å²) in [5.41, 5.74) is 3.85. The van der Waals surface area contributed by atoms with Crippen molar-refractivity contribution in [1.29, 1.82) is 0 Å². The molecule has 2 heterocycles. The van der Waals surface area contributed by atoms with E-state index in [1.54, 1.807) is 12.4 Å². The fourth-order valence-electron chi connectivity index (χ4n) is 3.12. The summed E-state index contributed by atoms with van der Waals surface area (Å²) in [6.07, 6.45) is 6.50. The number of benzene rings is 2. The number of carbonyl (C=O) groups is 1. The van der Waals surface area contributed by atoms with Gasteiger partial charge in [-0.2, -0.15) is 0 Å². The number of hydrogen-bond acceptors (Lipinski definition) is 6. The van der Waals surface area contributed by atoms with Gasteiger partial charge in [0.25, 0.3) is 5.89 Å². The van der Waals surface area contributed by atoms with E-state index in [9.17, 15) is 4.79 Å². The Labute approximate surface area is 174 Å². The van der Waals surface area contributed by atoms with Crippen LogP contribution in [0.4, 0.5) is 0 Å². The minimum absolute atomic E-state index is 0.219. The van der Waals surface area contributed by atoms with E-state index in [1.165, 1.54) is 6.39 Å². The molecule has 0 bridgehead atoms. The number of para-hydroxylation sites is 1. The number of aromatic nitrogens is 3. The number of ketones is 1. The Balaban J connectivity index is 1.31. The Morgan fingerprint density at radius 3 is 2.53 bits per heavy atom. The van der Waals surface area contributed by atoms with Gasteiger partial charge in [-0.25, -0.2) is 0 Å². The highest BCUT2D eigenvalue weighted by Crippen LogP contribution is 2.28. The van der Waals surface area contributed by atoms with Crippen LogP contribution >= 0.6 is 0 Å². The Morgan fingerprint density at radius 1 is 0.933 bits per heavy atom. The number of rotatable bonds is 9. The molecule has 0 fully saturated rings. The van der Waals surface area contributed by atoms with Crippen molar-refractivity contribution >= 4 is 5.78 Å². The van der Waals surface area contributed by atoms with Crippen LogP contribution in [-0.4, -0.2) is 21.0 Å². The average molecular weight is 399 g/mol. The van der Waals surface area contributed by atoms with Crippen LogP contribution in [0.15, 0.2) is 83.9 Å². The first kappa shape index (κ1) is 19.5. The second-order valence-corrected chi connectivity index (χ2v) is 6.92. The number of hydrogen-bond donors (Lipinski definition) is 0. The van der Waals surface area contributed by atoms with Gasteiger partial charge < -0.3 is 9.15 Å². The second kappa shape index (κ2) is 9.60. The second-order valence-electron chi connectivity index (χ2n) is 6.92. The van der Waals surface area contributed by atoms with Gasteiger partial charge in [0.05, 0.1) is 5.56 Å². The van der Waals surface area contributed by atoms with Crippen LogP contribution in [0, 0.1) is 0 Å². The van der Waals surface area contributed by atoms with Crippen molar-refractivity contribution in [2.24, 2.45) is 0 Å². The molecule has 0 atom stereocenters. The van der Waals surface area contributed by atoms with Crippen LogP contribution in [0.5, 0.6) is 5.75 Å². The molecule has 30 heavy (non-hydrogen) atoms. The number of nitrogens with zero attached hydrogens (tertiary/aromatic N) is 3. The highest BCUT2D eigenvalue weighted by molar-refractivity contribution is 5.81. The van der Waals surface area contributed by atoms with Gasteiger partial charge in [-0.05, 0) is 41.3 Å². The van der Waals surface area contributed by atoms with E-state index in [4.69, 9.17) is 9.15 Å². The van der Waals surface area contributed by atoms with Gasteiger partial charge in [0, 0.05) is 25.2 Å². The van der Waals surface area contributed by atoms with E-state index in [-0.39, 0.29) is 5.78 Å². The molecule has 150 valence electrons. The highest BCUT2D eigenvalue weighted by Gasteiger charge is 2.11. The van der Waals surface area contributed by atoms with E-state index in [0.717, 1.165) is 28.7 Å². The molecule has 0 saturated carbocycles. The van der Waals surface area contributed by atoms with Gasteiger partial charge in [0.1, 0.15) is 18.1 Å². The minimum Gasteiger partial charge on any atom is -0.488 e. The number of aryl methyl sites for hydroxylation is 1. The maximum Gasteiger partial charge on any atom is 0.251 e. The molecule has 0 radical (unpaired) electrons. The fourth-order valence-corrected chi connectivity index (χ4v) is 3.12. The number of Topliss-reactive ketones (excluding diaryl/α,β-unsaturated/α-hetero) is 1. The van der Waals surface area contributed by atoms with Crippen molar-refractivity contribution in [3.05, 3.63) is 96.1 Å². The lowest BCUT2D eigenvalue weighted by Gasteiger charge is -2.10. The van der Waals surface area contributed by atoms with Crippen molar-refractivity contribution in [3.63, 3.8) is 0 Å². The lowest BCUT2D eigenvalue weighted by Crippen LogP contribution is -2.05. The Kier molecular flexibility index (Phi) is 6.25. The molecule has 0 unspecified atom stereocenters. The molecule has 6 nitrogen and oxygen atoms in total. The van der Waals surface area contributed by atoms with Gasteiger partial charge >= 0.3 is 0 Å². The third kappa shape index (κ3) is 5.17. The minimum atomic E-state index is 0.219. The first-order valence-electron chi connectivity index (χ1n) is 9.75. The molecular formula is C24H21N3O3. The summed E-state index contributed by atoms with van der Waals surface area (Å²) in [4.78, 5) is 16.3. The Bertz CT molecular complexity index is 1080. The summed E-state index contributed by atoms with van der Waals surface area (Å²) in [7, 11) is 0. The summed E-state index contributed by atoms with van der Waals surface area (Å²) in [5, 5.41) is 7.66. The predicted molar refractivity (Wildman–Crippen MR) is 112 cm³/mol. The van der Waals surface area contributed by atoms with E-state index in [1.807, 2.05) is 60.7 Å². The van der Waals surface area contributed by atoms with Crippen molar-refractivity contribution in [1.82, 2.24) is 15.2 Å². The third-order valence-electron chi connectivity index (χ3n) is 4.71. The summed E-state index contributed by atoms with van der Waals surface area (Å²) in [6.45, 7) is 0.403. The predicted octanol–water partition coefficient (Wildman–Crippen LogP) is 4.46. The zero-order chi connectivity index (χ0) is 20.6. The van der Waals surface area contributed by atoms with Gasteiger partial charge in [0.2, 0.25) is 6.39 Å². The third-order valence-corrected chi connectivity index (χ3v) is 4.71. The number of pyridine rings is 1. The van der Waals surface area contributed by atoms with E-state index < -0.39 is 0 Å². The molecule has 0 spiro atoms. The summed E-state index contributed by atoms with van der Waals surface area (Å²) in [6, 6.07) is 19.3. The van der Waals surface area contributed by atoms with Crippen LogP contribution in [0.1, 0.15) is 23.1 Å². The smallest absolute Gasteiger partial charge is 0.251 e. The standard InChI is InChI=1S/C24H21N3O3/c28-21(12-11-19-4-3-13-25-15-19)14-18-7-9-20(10-8-18)16-29-23-6-2-1-5-22(23)24-27-26-17-30-24/h1-10,13,15,17H,11-12,14,16H2. The molecule has 4 aromatic rings. The maximum atomic E-state index is 12.3. The molecule has 0 aliphatic carbocycles. The lowest BCUT2D eigenvalue weighted by atomic mass is 10.0. The molecule has 2 aromatic heterocycles. The molecular weight excluding hydrogens is 378 g/mol. The van der Waals surface area contributed by atoms with Crippen LogP contribution in [0.3, 0.4) is 0 Å². The molecule has 0 aliphatic heterocycles. The maximum absolute atomic E-state index is 12.3. The van der Waals surface area contributed by atoms with Gasteiger partial charge in [0.15, 0.2) is 0 Å². The topological polar surface area (TPSA) is 78.1 Å². The van der Waals surface area contributed by atoms with E-state index in [0.29, 0.717) is 31.1 Å². The molecule has 0 N–H and O–H groups in total. The average Bonchev–Trinajstić information content (AvgIpc) is 3.33. The monoisotopic (exact) mass is 399 g/mol. The normalized spacial score (nSPS) is 10.7. The number of ether oxygens (including phenoxy) is 1. The zero-order valence-corrected chi connectivity index (χ0v) is 16.4. The number of carbonyl (C=O) groups excluding carboxylic acids is 1. The molecule has 0 aliphatic rings. The summed E-state index contributed by atoms with van der Waals surface area (Å²) >= 11 is 0. The van der Waals surface area contributed by atoms with E-state index >= 15 is 0 Å². The molecule has 0 saturated heterocycles. The molecule has 2 aromatic carbocycles. The van der Waals surface area contributed by atoms with Crippen LogP contribution in [0.2, 0.25) is 0 Å². The van der Waals surface area contributed by atoms with Crippen LogP contribution in [0.25, 0.3) is 11.5 Å². The van der Waals surface area contributed by atoms with Gasteiger partial charge in [-0.3, -0.25) is 9.78 Å². The van der Waals surface area contributed by atoms with Crippen molar-refractivity contribution in [2.75, 3.05) is 0 Å². The van der Waals surface area contributed by atoms with Crippen LogP contribution < -0.4 is 4.74 Å². The lowest BCUT2D eigenvalue weighted by molar-refractivity contribution is -0.118. The van der Waals surface area contributed by atoms with Crippen molar-refractivity contribution in [2.45, 2.75) is 25.9 Å². The van der Waals surface area contributed by atoms with Crippen LogP contribution in [-0.2, 0) is 24.2 Å². The van der Waals surface area contributed by atoms with Gasteiger partial charge in [-0.15, -0.1) is 10.2 Å². The first-order valence-corrected chi connectivity index (χ1v) is 9.75. The highest BCUT2D eigenvalue weighted by atomic mass is 16.5. The summed E-state index contributed by atoms with van der Waals surface area (Å²) in [5.74, 6) is 1.32. The fraction of sp³-hybridized carbons (Fsp3) is 0.167. The SMILES string of the molecule is O=C(CCc1cccnc1)Cc1ccc(COc2ccccc2-c2nnco2)cc1. The zero-order valence-electron chi connectivity index (χ0n) is 16.4. The van der Waals surface area contributed by atoms with Gasteiger partial charge in [-0.1, -0.05) is 42.5 Å². The Hall–Kier alpha value is -3.80.